The van der Waals surface area contributed by atoms with Gasteiger partial charge in [0, 0.05) is 36.1 Å². The first-order chi connectivity index (χ1) is 11.1. The minimum absolute atomic E-state index is 0.266. The summed E-state index contributed by atoms with van der Waals surface area (Å²) in [5, 5.41) is 7.03. The van der Waals surface area contributed by atoms with Crippen molar-refractivity contribution in [3.63, 3.8) is 0 Å². The minimum atomic E-state index is 0.266. The van der Waals surface area contributed by atoms with Crippen LogP contribution in [0.25, 0.3) is 0 Å². The van der Waals surface area contributed by atoms with E-state index in [1.165, 1.54) is 42.3 Å². The van der Waals surface area contributed by atoms with Gasteiger partial charge in [0.2, 0.25) is 0 Å². The molecule has 1 saturated heterocycles. The van der Waals surface area contributed by atoms with Crippen LogP contribution < -0.4 is 10.6 Å². The van der Waals surface area contributed by atoms with Gasteiger partial charge in [-0.1, -0.05) is 34.1 Å². The highest BCUT2D eigenvalue weighted by Gasteiger charge is 2.45. The van der Waals surface area contributed by atoms with Gasteiger partial charge in [-0.25, -0.2) is 0 Å². The van der Waals surface area contributed by atoms with Gasteiger partial charge in [-0.05, 0) is 50.9 Å². The molecular weight excluding hydrogens is 352 g/mol. The molecule has 1 unspecified atom stereocenters. The lowest BCUT2D eigenvalue weighted by atomic mass is 9.96. The highest BCUT2D eigenvalue weighted by molar-refractivity contribution is 9.10. The molecule has 2 fully saturated rings. The first-order valence-electron chi connectivity index (χ1n) is 8.54. The number of nitrogens with zero attached hydrogens (tertiary/aromatic N) is 2. The molecule has 1 atom stereocenters. The number of halogens is 1. The first-order valence-corrected chi connectivity index (χ1v) is 9.34. The molecule has 0 radical (unpaired) electrons. The Morgan fingerprint density at radius 2 is 2.13 bits per heavy atom. The summed E-state index contributed by atoms with van der Waals surface area (Å²) in [7, 11) is 4.06. The molecule has 1 aromatic rings. The van der Waals surface area contributed by atoms with Gasteiger partial charge in [0.1, 0.15) is 0 Å². The molecule has 0 bridgehead atoms. The quantitative estimate of drug-likeness (QED) is 0.611. The van der Waals surface area contributed by atoms with Crippen LogP contribution in [-0.4, -0.2) is 50.6 Å². The maximum absolute atomic E-state index is 4.39. The number of hydrogen-bond acceptors (Lipinski definition) is 2. The molecule has 2 N–H and O–H groups in total. The first kappa shape index (κ1) is 16.8. The smallest absolute Gasteiger partial charge is 0.191 e. The van der Waals surface area contributed by atoms with Crippen molar-refractivity contribution >= 4 is 21.9 Å². The lowest BCUT2D eigenvalue weighted by molar-refractivity contribution is 0.309. The van der Waals surface area contributed by atoms with Gasteiger partial charge in [0.25, 0.3) is 0 Å². The van der Waals surface area contributed by atoms with Gasteiger partial charge < -0.3 is 15.5 Å². The van der Waals surface area contributed by atoms with Gasteiger partial charge >= 0.3 is 0 Å². The maximum Gasteiger partial charge on any atom is 0.191 e. The average molecular weight is 379 g/mol. The summed E-state index contributed by atoms with van der Waals surface area (Å²) < 4.78 is 1.22. The van der Waals surface area contributed by atoms with Crippen LogP contribution in [0.3, 0.4) is 0 Å². The van der Waals surface area contributed by atoms with Crippen LogP contribution in [0.5, 0.6) is 0 Å². The predicted octanol–water partition coefficient (Wildman–Crippen LogP) is 2.74. The van der Waals surface area contributed by atoms with Gasteiger partial charge in [0.05, 0.1) is 0 Å². The van der Waals surface area contributed by atoms with Crippen molar-refractivity contribution in [2.75, 3.05) is 33.7 Å². The highest BCUT2D eigenvalue weighted by atomic mass is 79.9. The Morgan fingerprint density at radius 1 is 1.35 bits per heavy atom. The Balaban J connectivity index is 1.53. The fraction of sp³-hybridized carbons (Fsp3) is 0.611. The van der Waals surface area contributed by atoms with Gasteiger partial charge in [-0.3, -0.25) is 4.99 Å². The zero-order valence-corrected chi connectivity index (χ0v) is 15.7. The number of likely N-dealkylation sites (tertiary alicyclic amines) is 1. The number of guanidine groups is 1. The van der Waals surface area contributed by atoms with Crippen molar-refractivity contribution in [2.24, 2.45) is 4.99 Å². The zero-order chi connectivity index (χ0) is 16.3. The second kappa shape index (κ2) is 7.22. The van der Waals surface area contributed by atoms with E-state index in [2.05, 4.69) is 67.8 Å². The zero-order valence-electron chi connectivity index (χ0n) is 14.1. The predicted molar refractivity (Wildman–Crippen MR) is 100 cm³/mol. The van der Waals surface area contributed by atoms with Crippen LogP contribution in [0.1, 0.15) is 31.2 Å². The van der Waals surface area contributed by atoms with Gasteiger partial charge in [0.15, 0.2) is 5.96 Å². The Kier molecular flexibility index (Phi) is 5.27. The van der Waals surface area contributed by atoms with Crippen LogP contribution in [0.15, 0.2) is 33.7 Å². The van der Waals surface area contributed by atoms with E-state index in [-0.39, 0.29) is 5.41 Å². The SMILES string of the molecule is CN=C(NCC1CCCN1C)NCC1(c2ccccc2Br)CC1. The molecule has 23 heavy (non-hydrogen) atoms. The summed E-state index contributed by atoms with van der Waals surface area (Å²) in [4.78, 5) is 6.82. The number of aliphatic imine (C=N–C) groups is 1. The number of hydrogen-bond donors (Lipinski definition) is 2. The van der Waals surface area contributed by atoms with Gasteiger partial charge in [-0.15, -0.1) is 0 Å². The molecule has 1 saturated carbocycles. The summed E-state index contributed by atoms with van der Waals surface area (Å²) >= 11 is 3.70. The van der Waals surface area contributed by atoms with Crippen LogP contribution in [0.2, 0.25) is 0 Å². The second-order valence-electron chi connectivity index (χ2n) is 6.84. The van der Waals surface area contributed by atoms with E-state index < -0.39 is 0 Å². The van der Waals surface area contributed by atoms with E-state index in [1.807, 2.05) is 7.05 Å². The number of nitrogens with one attached hydrogen (secondary N) is 2. The van der Waals surface area contributed by atoms with Crippen LogP contribution in [0, 0.1) is 0 Å². The lowest BCUT2D eigenvalue weighted by Crippen LogP contribution is -2.45. The fourth-order valence-corrected chi connectivity index (χ4v) is 4.21. The van der Waals surface area contributed by atoms with Crippen molar-refractivity contribution in [1.29, 1.82) is 0 Å². The van der Waals surface area contributed by atoms with Crippen molar-refractivity contribution < 1.29 is 0 Å². The Bertz CT molecular complexity index is 568. The number of benzene rings is 1. The molecule has 4 nitrogen and oxygen atoms in total. The van der Waals surface area contributed by atoms with E-state index >= 15 is 0 Å². The second-order valence-corrected chi connectivity index (χ2v) is 7.70. The van der Waals surface area contributed by atoms with E-state index in [1.54, 1.807) is 0 Å². The molecule has 126 valence electrons. The fourth-order valence-electron chi connectivity index (χ4n) is 3.51. The molecule has 0 aromatic heterocycles. The molecule has 2 aliphatic rings. The van der Waals surface area contributed by atoms with E-state index in [0.29, 0.717) is 6.04 Å². The Labute approximate surface area is 147 Å². The van der Waals surface area contributed by atoms with Crippen molar-refractivity contribution in [3.8, 4) is 0 Å². The molecule has 5 heteroatoms. The average Bonchev–Trinajstić information content (AvgIpc) is 3.23. The molecule has 3 rings (SSSR count). The van der Waals surface area contributed by atoms with Crippen molar-refractivity contribution in [3.05, 3.63) is 34.3 Å². The van der Waals surface area contributed by atoms with Gasteiger partial charge in [-0.2, -0.15) is 0 Å². The van der Waals surface area contributed by atoms with Crippen molar-refractivity contribution in [1.82, 2.24) is 15.5 Å². The summed E-state index contributed by atoms with van der Waals surface area (Å²) in [5.74, 6) is 0.920. The summed E-state index contributed by atoms with van der Waals surface area (Å²) in [6, 6.07) is 9.21. The monoisotopic (exact) mass is 378 g/mol. The van der Waals surface area contributed by atoms with E-state index in [4.69, 9.17) is 0 Å². The van der Waals surface area contributed by atoms with E-state index in [9.17, 15) is 0 Å². The number of likely N-dealkylation sites (N-methyl/N-ethyl adjacent to an activating group) is 1. The third-order valence-corrected chi connectivity index (χ3v) is 5.98. The Hall–Kier alpha value is -1.07. The summed E-state index contributed by atoms with van der Waals surface area (Å²) in [6.07, 6.45) is 5.07. The van der Waals surface area contributed by atoms with Crippen LogP contribution >= 0.6 is 15.9 Å². The maximum atomic E-state index is 4.39. The molecule has 0 amide bonds. The normalized spacial score (nSPS) is 23.8. The third-order valence-electron chi connectivity index (χ3n) is 5.29. The summed E-state index contributed by atoms with van der Waals surface area (Å²) in [5.41, 5.74) is 1.68. The highest BCUT2D eigenvalue weighted by Crippen LogP contribution is 2.49. The largest absolute Gasteiger partial charge is 0.356 e. The number of rotatable bonds is 5. The Morgan fingerprint density at radius 3 is 2.74 bits per heavy atom. The van der Waals surface area contributed by atoms with Crippen LogP contribution in [-0.2, 0) is 5.41 Å². The van der Waals surface area contributed by atoms with E-state index in [0.717, 1.165) is 19.0 Å². The lowest BCUT2D eigenvalue weighted by Gasteiger charge is -2.23. The minimum Gasteiger partial charge on any atom is -0.356 e. The standard InChI is InChI=1S/C18H27BrN4/c1-20-17(21-12-14-6-5-11-23(14)2)22-13-18(9-10-18)15-7-3-4-8-16(15)19/h3-4,7-8,14H,5-6,9-13H2,1-2H3,(H2,20,21,22). The molecule has 0 spiro atoms. The van der Waals surface area contributed by atoms with Crippen molar-refractivity contribution in [2.45, 2.75) is 37.1 Å². The molecule has 1 heterocycles. The topological polar surface area (TPSA) is 39.7 Å². The summed E-state index contributed by atoms with van der Waals surface area (Å²) in [6.45, 7) is 3.12. The molecule has 1 aromatic carbocycles. The third kappa shape index (κ3) is 3.89. The molecular formula is C18H27BrN4. The van der Waals surface area contributed by atoms with Crippen LogP contribution in [0.4, 0.5) is 0 Å². The molecule has 1 aliphatic heterocycles. The molecule has 1 aliphatic carbocycles.